The number of pyridine rings is 1. The van der Waals surface area contributed by atoms with Crippen LogP contribution in [0, 0.1) is 11.8 Å². The summed E-state index contributed by atoms with van der Waals surface area (Å²) < 4.78 is 0. The molecule has 3 nitrogen and oxygen atoms in total. The van der Waals surface area contributed by atoms with Crippen molar-refractivity contribution in [2.75, 3.05) is 20.1 Å². The molecule has 1 saturated carbocycles. The number of rotatable bonds is 7. The first kappa shape index (κ1) is 14.5. The highest BCUT2D eigenvalue weighted by Gasteiger charge is 2.33. The summed E-state index contributed by atoms with van der Waals surface area (Å²) in [6, 6.07) is 4.97. The Balaban J connectivity index is 1.75. The summed E-state index contributed by atoms with van der Waals surface area (Å²) in [5.74, 6) is 1.57. The molecule has 0 saturated heterocycles. The van der Waals surface area contributed by atoms with Crippen molar-refractivity contribution in [1.29, 1.82) is 0 Å². The molecule has 0 aromatic carbocycles. The van der Waals surface area contributed by atoms with E-state index in [1.165, 1.54) is 24.9 Å². The summed E-state index contributed by atoms with van der Waals surface area (Å²) in [5.41, 5.74) is 1.36. The Bertz CT molecular complexity index is 364. The van der Waals surface area contributed by atoms with Gasteiger partial charge in [-0.05, 0) is 62.5 Å². The van der Waals surface area contributed by atoms with Gasteiger partial charge in [0, 0.05) is 25.0 Å². The fourth-order valence-electron chi connectivity index (χ4n) is 2.82. The van der Waals surface area contributed by atoms with Crippen LogP contribution in [0.5, 0.6) is 0 Å². The molecule has 106 valence electrons. The van der Waals surface area contributed by atoms with Gasteiger partial charge in [-0.25, -0.2) is 0 Å². The highest BCUT2D eigenvalue weighted by molar-refractivity contribution is 5.09. The molecule has 3 heteroatoms. The molecule has 1 aliphatic carbocycles. The smallest absolute Gasteiger partial charge is 0.0271 e. The zero-order valence-electron chi connectivity index (χ0n) is 12.5. The summed E-state index contributed by atoms with van der Waals surface area (Å²) in [4.78, 5) is 6.58. The number of aromatic nitrogens is 1. The maximum atomic E-state index is 4.08. The molecule has 1 aromatic heterocycles. The first-order chi connectivity index (χ1) is 9.16. The molecular weight excluding hydrogens is 234 g/mol. The first-order valence-electron chi connectivity index (χ1n) is 7.46. The fourth-order valence-corrected chi connectivity index (χ4v) is 2.82. The van der Waals surface area contributed by atoms with Gasteiger partial charge >= 0.3 is 0 Å². The van der Waals surface area contributed by atoms with Gasteiger partial charge in [-0.2, -0.15) is 0 Å². The SMILES string of the molecule is CC(C)CNCC1CCC1N(C)Cc1ccncc1. The van der Waals surface area contributed by atoms with Gasteiger partial charge in [-0.15, -0.1) is 0 Å². The van der Waals surface area contributed by atoms with Crippen LogP contribution in [0.1, 0.15) is 32.3 Å². The topological polar surface area (TPSA) is 28.2 Å². The maximum Gasteiger partial charge on any atom is 0.0271 e. The number of nitrogens with zero attached hydrogens (tertiary/aromatic N) is 2. The van der Waals surface area contributed by atoms with Crippen molar-refractivity contribution in [2.24, 2.45) is 11.8 Å². The van der Waals surface area contributed by atoms with E-state index in [0.717, 1.165) is 31.0 Å². The van der Waals surface area contributed by atoms with Crippen LogP contribution < -0.4 is 5.32 Å². The first-order valence-corrected chi connectivity index (χ1v) is 7.46. The summed E-state index contributed by atoms with van der Waals surface area (Å²) in [6.45, 7) is 7.87. The van der Waals surface area contributed by atoms with Crippen LogP contribution in [0.4, 0.5) is 0 Å². The number of hydrogen-bond acceptors (Lipinski definition) is 3. The van der Waals surface area contributed by atoms with Crippen LogP contribution >= 0.6 is 0 Å². The third-order valence-corrected chi connectivity index (χ3v) is 4.08. The molecule has 2 atom stereocenters. The van der Waals surface area contributed by atoms with Gasteiger partial charge in [0.1, 0.15) is 0 Å². The largest absolute Gasteiger partial charge is 0.316 e. The van der Waals surface area contributed by atoms with E-state index < -0.39 is 0 Å². The average Bonchev–Trinajstić information content (AvgIpc) is 2.34. The Hall–Kier alpha value is -0.930. The van der Waals surface area contributed by atoms with Gasteiger partial charge in [0.15, 0.2) is 0 Å². The van der Waals surface area contributed by atoms with Crippen molar-refractivity contribution in [3.63, 3.8) is 0 Å². The van der Waals surface area contributed by atoms with E-state index in [1.54, 1.807) is 0 Å². The zero-order chi connectivity index (χ0) is 13.7. The molecular formula is C16H27N3. The molecule has 1 aliphatic rings. The zero-order valence-corrected chi connectivity index (χ0v) is 12.5. The maximum absolute atomic E-state index is 4.08. The van der Waals surface area contributed by atoms with Gasteiger partial charge in [-0.1, -0.05) is 13.8 Å². The van der Waals surface area contributed by atoms with Crippen molar-refractivity contribution >= 4 is 0 Å². The highest BCUT2D eigenvalue weighted by Crippen LogP contribution is 2.31. The molecule has 2 unspecified atom stereocenters. The van der Waals surface area contributed by atoms with Crippen LogP contribution in [-0.2, 0) is 6.54 Å². The van der Waals surface area contributed by atoms with Crippen molar-refractivity contribution in [1.82, 2.24) is 15.2 Å². The molecule has 19 heavy (non-hydrogen) atoms. The van der Waals surface area contributed by atoms with Gasteiger partial charge in [0.25, 0.3) is 0 Å². The predicted molar refractivity (Wildman–Crippen MR) is 79.9 cm³/mol. The predicted octanol–water partition coefficient (Wildman–Crippen LogP) is 2.54. The third kappa shape index (κ3) is 4.29. The van der Waals surface area contributed by atoms with E-state index >= 15 is 0 Å². The lowest BCUT2D eigenvalue weighted by Gasteiger charge is -2.43. The molecule has 1 heterocycles. The Morgan fingerprint density at radius 3 is 2.63 bits per heavy atom. The minimum absolute atomic E-state index is 0.743. The van der Waals surface area contributed by atoms with E-state index in [2.05, 4.69) is 48.2 Å². The quantitative estimate of drug-likeness (QED) is 0.817. The molecule has 1 aromatic rings. The summed E-state index contributed by atoms with van der Waals surface area (Å²) >= 11 is 0. The van der Waals surface area contributed by atoms with E-state index in [9.17, 15) is 0 Å². The van der Waals surface area contributed by atoms with E-state index in [1.807, 2.05) is 12.4 Å². The number of hydrogen-bond donors (Lipinski definition) is 1. The van der Waals surface area contributed by atoms with Crippen LogP contribution in [0.25, 0.3) is 0 Å². The minimum atomic E-state index is 0.743. The van der Waals surface area contributed by atoms with Crippen molar-refractivity contribution in [3.8, 4) is 0 Å². The molecule has 0 aliphatic heterocycles. The highest BCUT2D eigenvalue weighted by atomic mass is 15.1. The second-order valence-corrected chi connectivity index (χ2v) is 6.23. The summed E-state index contributed by atoms with van der Waals surface area (Å²) in [6.07, 6.45) is 6.48. The van der Waals surface area contributed by atoms with Gasteiger partial charge in [0.05, 0.1) is 0 Å². The van der Waals surface area contributed by atoms with Crippen LogP contribution in [0.15, 0.2) is 24.5 Å². The van der Waals surface area contributed by atoms with Gasteiger partial charge in [0.2, 0.25) is 0 Å². The Morgan fingerprint density at radius 1 is 1.32 bits per heavy atom. The normalized spacial score (nSPS) is 22.8. The van der Waals surface area contributed by atoms with Crippen LogP contribution in [0.3, 0.4) is 0 Å². The molecule has 1 fully saturated rings. The Morgan fingerprint density at radius 2 is 2.05 bits per heavy atom. The van der Waals surface area contributed by atoms with Crippen LogP contribution in [0.2, 0.25) is 0 Å². The van der Waals surface area contributed by atoms with Crippen molar-refractivity contribution in [2.45, 2.75) is 39.3 Å². The molecule has 2 rings (SSSR count). The van der Waals surface area contributed by atoms with E-state index in [0.29, 0.717) is 0 Å². The van der Waals surface area contributed by atoms with Crippen molar-refractivity contribution in [3.05, 3.63) is 30.1 Å². The Kier molecular flexibility index (Phi) is 5.34. The summed E-state index contributed by atoms with van der Waals surface area (Å²) in [5, 5.41) is 3.60. The molecule has 0 bridgehead atoms. The minimum Gasteiger partial charge on any atom is -0.316 e. The lowest BCUT2D eigenvalue weighted by molar-refractivity contribution is 0.0776. The average molecular weight is 261 g/mol. The molecule has 0 radical (unpaired) electrons. The standard InChI is InChI=1S/C16H27N3/c1-13(2)10-18-11-15-4-5-16(15)19(3)12-14-6-8-17-9-7-14/h6-9,13,15-16,18H,4-5,10-12H2,1-3H3. The number of nitrogens with one attached hydrogen (secondary N) is 1. The lowest BCUT2D eigenvalue weighted by atomic mass is 9.78. The van der Waals surface area contributed by atoms with E-state index in [-0.39, 0.29) is 0 Å². The molecule has 1 N–H and O–H groups in total. The molecule has 0 spiro atoms. The van der Waals surface area contributed by atoms with Crippen LogP contribution in [-0.4, -0.2) is 36.1 Å². The summed E-state index contributed by atoms with van der Waals surface area (Å²) in [7, 11) is 2.25. The van der Waals surface area contributed by atoms with Gasteiger partial charge in [-0.3, -0.25) is 9.88 Å². The van der Waals surface area contributed by atoms with Gasteiger partial charge < -0.3 is 5.32 Å². The fraction of sp³-hybridized carbons (Fsp3) is 0.688. The Labute approximate surface area is 117 Å². The second kappa shape index (κ2) is 7.01. The van der Waals surface area contributed by atoms with Crippen molar-refractivity contribution < 1.29 is 0 Å². The lowest BCUT2D eigenvalue weighted by Crippen LogP contribution is -2.48. The third-order valence-electron chi connectivity index (χ3n) is 4.08. The monoisotopic (exact) mass is 261 g/mol. The molecule has 0 amide bonds. The van der Waals surface area contributed by atoms with E-state index in [4.69, 9.17) is 0 Å². The second-order valence-electron chi connectivity index (χ2n) is 6.23.